The number of aromatic nitrogens is 1. The van der Waals surface area contributed by atoms with Crippen LogP contribution in [0.5, 0.6) is 0 Å². The first-order chi connectivity index (χ1) is 11.9. The lowest BCUT2D eigenvalue weighted by molar-refractivity contribution is 0.0346. The summed E-state index contributed by atoms with van der Waals surface area (Å²) >= 11 is 1.65. The molecule has 6 heteroatoms. The van der Waals surface area contributed by atoms with Gasteiger partial charge in [-0.1, -0.05) is 6.07 Å². The molecule has 2 atom stereocenters. The van der Waals surface area contributed by atoms with Crippen molar-refractivity contribution in [3.63, 3.8) is 0 Å². The van der Waals surface area contributed by atoms with Gasteiger partial charge in [0.1, 0.15) is 0 Å². The van der Waals surface area contributed by atoms with Gasteiger partial charge in [-0.05, 0) is 50.5 Å². The molecule has 1 aromatic heterocycles. The molecule has 2 N–H and O–H groups in total. The number of piperidine rings is 1. The minimum atomic E-state index is -0.566. The number of hydrogen-bond donors (Lipinski definition) is 2. The molecule has 1 amide bonds. The standard InChI is InChI=1S/C19H25N3O2S/c1-12-4-5-15(8-13(12)2)19(24)21-17-6-7-22(10-18(17)23)9-16-11-25-14(3)20-16/h4-5,8,11,17-18,23H,6-7,9-10H2,1-3H3,(H,21,24). The highest BCUT2D eigenvalue weighted by molar-refractivity contribution is 7.09. The number of carbonyl (C=O) groups excluding carboxylic acids is 1. The number of hydrogen-bond acceptors (Lipinski definition) is 5. The fourth-order valence-electron chi connectivity index (χ4n) is 3.15. The first-order valence-electron chi connectivity index (χ1n) is 8.62. The van der Waals surface area contributed by atoms with E-state index >= 15 is 0 Å². The van der Waals surface area contributed by atoms with Gasteiger partial charge in [-0.2, -0.15) is 0 Å². The molecule has 3 rings (SSSR count). The first-order valence-corrected chi connectivity index (χ1v) is 9.50. The number of nitrogens with one attached hydrogen (secondary N) is 1. The van der Waals surface area contributed by atoms with Crippen LogP contribution >= 0.6 is 11.3 Å². The van der Waals surface area contributed by atoms with Crippen molar-refractivity contribution in [2.45, 2.75) is 45.9 Å². The molecule has 1 aliphatic rings. The van der Waals surface area contributed by atoms with Crippen LogP contribution in [0.2, 0.25) is 0 Å². The van der Waals surface area contributed by atoms with E-state index in [4.69, 9.17) is 0 Å². The highest BCUT2D eigenvalue weighted by Gasteiger charge is 2.29. The third-order valence-corrected chi connectivity index (χ3v) is 5.63. The van der Waals surface area contributed by atoms with Crippen LogP contribution in [0.25, 0.3) is 0 Å². The number of thiazole rings is 1. The maximum atomic E-state index is 12.5. The van der Waals surface area contributed by atoms with E-state index in [1.54, 1.807) is 11.3 Å². The Bertz CT molecular complexity index is 759. The Morgan fingerprint density at radius 1 is 1.36 bits per heavy atom. The summed E-state index contributed by atoms with van der Waals surface area (Å²) in [6.07, 6.45) is 0.171. The zero-order chi connectivity index (χ0) is 18.0. The van der Waals surface area contributed by atoms with Crippen LogP contribution in [0, 0.1) is 20.8 Å². The lowest BCUT2D eigenvalue weighted by Crippen LogP contribution is -2.53. The topological polar surface area (TPSA) is 65.5 Å². The average molecular weight is 359 g/mol. The Morgan fingerprint density at radius 3 is 2.80 bits per heavy atom. The van der Waals surface area contributed by atoms with Gasteiger partial charge in [0.15, 0.2) is 0 Å². The van der Waals surface area contributed by atoms with Gasteiger partial charge < -0.3 is 10.4 Å². The molecule has 1 aliphatic heterocycles. The number of aryl methyl sites for hydroxylation is 3. The van der Waals surface area contributed by atoms with Gasteiger partial charge in [-0.3, -0.25) is 9.69 Å². The molecule has 2 aromatic rings. The van der Waals surface area contributed by atoms with Gasteiger partial charge in [-0.15, -0.1) is 11.3 Å². The molecular formula is C19H25N3O2S. The summed E-state index contributed by atoms with van der Waals surface area (Å²) in [6, 6.07) is 5.49. The lowest BCUT2D eigenvalue weighted by atomic mass is 10.0. The Kier molecular flexibility index (Phi) is 5.51. The Labute approximate surface area is 152 Å². The van der Waals surface area contributed by atoms with Crippen LogP contribution in [0.3, 0.4) is 0 Å². The van der Waals surface area contributed by atoms with Gasteiger partial charge in [0, 0.05) is 30.6 Å². The maximum Gasteiger partial charge on any atom is 0.251 e. The summed E-state index contributed by atoms with van der Waals surface area (Å²) < 4.78 is 0. The molecule has 0 radical (unpaired) electrons. The Morgan fingerprint density at radius 2 is 2.16 bits per heavy atom. The predicted molar refractivity (Wildman–Crippen MR) is 99.9 cm³/mol. The van der Waals surface area contributed by atoms with E-state index in [1.807, 2.05) is 39.0 Å². The number of nitrogens with zero attached hydrogens (tertiary/aromatic N) is 2. The highest BCUT2D eigenvalue weighted by Crippen LogP contribution is 2.17. The second kappa shape index (κ2) is 7.64. The fraction of sp³-hybridized carbons (Fsp3) is 0.474. The van der Waals surface area contributed by atoms with Crippen molar-refractivity contribution < 1.29 is 9.90 Å². The molecular weight excluding hydrogens is 334 g/mol. The molecule has 2 unspecified atom stereocenters. The number of likely N-dealkylation sites (tertiary alicyclic amines) is 1. The van der Waals surface area contributed by atoms with Crippen molar-refractivity contribution in [3.8, 4) is 0 Å². The molecule has 1 aromatic carbocycles. The normalized spacial score (nSPS) is 21.3. The molecule has 0 bridgehead atoms. The number of benzene rings is 1. The molecule has 2 heterocycles. The van der Waals surface area contributed by atoms with Crippen molar-refractivity contribution in [1.29, 1.82) is 0 Å². The van der Waals surface area contributed by atoms with E-state index in [9.17, 15) is 9.90 Å². The number of rotatable bonds is 4. The first kappa shape index (κ1) is 18.0. The van der Waals surface area contributed by atoms with Crippen LogP contribution in [0.1, 0.15) is 38.6 Å². The van der Waals surface area contributed by atoms with Crippen LogP contribution in [-0.4, -0.2) is 46.1 Å². The number of amides is 1. The van der Waals surface area contributed by atoms with E-state index in [0.29, 0.717) is 12.1 Å². The zero-order valence-corrected chi connectivity index (χ0v) is 15.8. The van der Waals surface area contributed by atoms with E-state index in [-0.39, 0.29) is 11.9 Å². The van der Waals surface area contributed by atoms with Crippen LogP contribution in [0.15, 0.2) is 23.6 Å². The third-order valence-electron chi connectivity index (χ3n) is 4.80. The monoisotopic (exact) mass is 359 g/mol. The molecule has 0 spiro atoms. The smallest absolute Gasteiger partial charge is 0.251 e. The van der Waals surface area contributed by atoms with Crippen molar-refractivity contribution in [2.24, 2.45) is 0 Å². The summed E-state index contributed by atoms with van der Waals surface area (Å²) in [4.78, 5) is 19.1. The number of β-amino-alcohol motifs (C(OH)–C–C–N with tert-alkyl or cyclic N) is 1. The summed E-state index contributed by atoms with van der Waals surface area (Å²) in [5.74, 6) is -0.115. The summed E-state index contributed by atoms with van der Waals surface area (Å²) in [6.45, 7) is 8.16. The van der Waals surface area contributed by atoms with Crippen molar-refractivity contribution in [3.05, 3.63) is 51.0 Å². The van der Waals surface area contributed by atoms with Crippen molar-refractivity contribution in [2.75, 3.05) is 13.1 Å². The minimum absolute atomic E-state index is 0.115. The number of carbonyl (C=O) groups is 1. The fourth-order valence-corrected chi connectivity index (χ4v) is 3.76. The molecule has 0 aliphatic carbocycles. The predicted octanol–water partition coefficient (Wildman–Crippen LogP) is 2.43. The molecule has 0 saturated carbocycles. The Balaban J connectivity index is 1.56. The van der Waals surface area contributed by atoms with Gasteiger partial charge >= 0.3 is 0 Å². The minimum Gasteiger partial charge on any atom is -0.390 e. The average Bonchev–Trinajstić information content (AvgIpc) is 2.97. The summed E-state index contributed by atoms with van der Waals surface area (Å²) in [5.41, 5.74) is 3.96. The molecule has 5 nitrogen and oxygen atoms in total. The highest BCUT2D eigenvalue weighted by atomic mass is 32.1. The summed E-state index contributed by atoms with van der Waals surface area (Å²) in [7, 11) is 0. The maximum absolute atomic E-state index is 12.5. The second-order valence-electron chi connectivity index (χ2n) is 6.83. The van der Waals surface area contributed by atoms with Crippen LogP contribution in [0.4, 0.5) is 0 Å². The van der Waals surface area contributed by atoms with Gasteiger partial charge in [0.25, 0.3) is 5.91 Å². The van der Waals surface area contributed by atoms with Gasteiger partial charge in [0.05, 0.1) is 22.8 Å². The van der Waals surface area contributed by atoms with Gasteiger partial charge in [0.2, 0.25) is 0 Å². The quantitative estimate of drug-likeness (QED) is 0.880. The van der Waals surface area contributed by atoms with E-state index in [2.05, 4.69) is 20.6 Å². The molecule has 25 heavy (non-hydrogen) atoms. The number of aliphatic hydroxyl groups is 1. The number of aliphatic hydroxyl groups excluding tert-OH is 1. The lowest BCUT2D eigenvalue weighted by Gasteiger charge is -2.36. The van der Waals surface area contributed by atoms with Crippen molar-refractivity contribution >= 4 is 17.2 Å². The van der Waals surface area contributed by atoms with Crippen LogP contribution < -0.4 is 5.32 Å². The zero-order valence-electron chi connectivity index (χ0n) is 15.0. The van der Waals surface area contributed by atoms with E-state index in [0.717, 1.165) is 35.8 Å². The molecule has 1 fully saturated rings. The largest absolute Gasteiger partial charge is 0.390 e. The molecule has 1 saturated heterocycles. The van der Waals surface area contributed by atoms with Crippen LogP contribution in [-0.2, 0) is 6.54 Å². The second-order valence-corrected chi connectivity index (χ2v) is 7.89. The SMILES string of the molecule is Cc1nc(CN2CCC(NC(=O)c3ccc(C)c(C)c3)C(O)C2)cs1. The van der Waals surface area contributed by atoms with E-state index in [1.165, 1.54) is 5.56 Å². The third kappa shape index (κ3) is 4.45. The van der Waals surface area contributed by atoms with Gasteiger partial charge in [-0.25, -0.2) is 4.98 Å². The molecule has 134 valence electrons. The Hall–Kier alpha value is -1.76. The summed E-state index contributed by atoms with van der Waals surface area (Å²) in [5, 5.41) is 16.6. The van der Waals surface area contributed by atoms with E-state index < -0.39 is 6.10 Å². The van der Waals surface area contributed by atoms with Crippen molar-refractivity contribution in [1.82, 2.24) is 15.2 Å².